The predicted octanol–water partition coefficient (Wildman–Crippen LogP) is 3.66. The highest BCUT2D eigenvalue weighted by Crippen LogP contribution is 2.19. The fourth-order valence-electron chi connectivity index (χ4n) is 3.73. The zero-order chi connectivity index (χ0) is 23.6. The van der Waals surface area contributed by atoms with Crippen molar-refractivity contribution < 1.29 is 0 Å². The third kappa shape index (κ3) is 6.58. The van der Waals surface area contributed by atoms with Gasteiger partial charge in [-0.1, -0.05) is 50.6 Å². The van der Waals surface area contributed by atoms with Crippen LogP contribution in [0.5, 0.6) is 0 Å². The summed E-state index contributed by atoms with van der Waals surface area (Å²) in [5, 5.41) is 11.7. The van der Waals surface area contributed by atoms with Gasteiger partial charge in [-0.15, -0.1) is 0 Å². The molecule has 1 aromatic heterocycles. The Bertz CT molecular complexity index is 1080. The number of hydrogen-bond donors (Lipinski definition) is 4. The summed E-state index contributed by atoms with van der Waals surface area (Å²) in [4.78, 5) is 7.05. The van der Waals surface area contributed by atoms with Gasteiger partial charge in [-0.05, 0) is 43.5 Å². The highest BCUT2D eigenvalue weighted by Gasteiger charge is 2.17. The second kappa shape index (κ2) is 12.1. The number of H-pyrrole nitrogens is 1. The molecule has 1 aliphatic heterocycles. The number of hydrogen-bond acceptors (Lipinski definition) is 5. The van der Waals surface area contributed by atoms with Crippen molar-refractivity contribution in [3.05, 3.63) is 76.9 Å². The second-order valence-corrected chi connectivity index (χ2v) is 8.36. The Morgan fingerprint density at radius 2 is 1.76 bits per heavy atom. The number of rotatable bonds is 6. The van der Waals surface area contributed by atoms with Crippen molar-refractivity contribution in [2.75, 3.05) is 26.2 Å². The average molecular weight is 448 g/mol. The molecule has 1 aliphatic rings. The van der Waals surface area contributed by atoms with Gasteiger partial charge in [0.05, 0.1) is 11.2 Å². The quantitative estimate of drug-likeness (QED) is 0.341. The van der Waals surface area contributed by atoms with Crippen molar-refractivity contribution in [1.82, 2.24) is 20.4 Å². The van der Waals surface area contributed by atoms with E-state index >= 15 is 0 Å². The van der Waals surface area contributed by atoms with Gasteiger partial charge in [-0.25, -0.2) is 4.99 Å². The number of nitrogens with two attached hydrogens (primary N) is 2. The van der Waals surface area contributed by atoms with Gasteiger partial charge >= 0.3 is 0 Å². The molecular weight excluding hydrogens is 410 g/mol. The first kappa shape index (κ1) is 24.3. The maximum atomic E-state index is 6.56. The largest absolute Gasteiger partial charge is 0.399 e. The number of aromatic nitrogens is 2. The van der Waals surface area contributed by atoms with Gasteiger partial charge in [0.1, 0.15) is 11.7 Å². The molecule has 7 nitrogen and oxygen atoms in total. The molecule has 0 bridgehead atoms. The maximum Gasteiger partial charge on any atom is 0.150 e. The van der Waals surface area contributed by atoms with E-state index in [1.54, 1.807) is 0 Å². The average Bonchev–Trinajstić information content (AvgIpc) is 3.22. The molecule has 0 atom stereocenters. The van der Waals surface area contributed by atoms with E-state index in [9.17, 15) is 0 Å². The number of nitrogens with zero attached hydrogens (tertiary/aromatic N) is 3. The van der Waals surface area contributed by atoms with Gasteiger partial charge in [-0.3, -0.25) is 5.10 Å². The van der Waals surface area contributed by atoms with Crippen molar-refractivity contribution in [3.8, 4) is 0 Å². The topological polar surface area (TPSA) is 108 Å². The molecule has 7 heteroatoms. The first-order valence-corrected chi connectivity index (χ1v) is 11.8. The summed E-state index contributed by atoms with van der Waals surface area (Å²) in [7, 11) is 0. The Hall–Kier alpha value is -3.32. The maximum absolute atomic E-state index is 6.56. The van der Waals surface area contributed by atoms with Crippen LogP contribution in [0.4, 0.5) is 0 Å². The van der Waals surface area contributed by atoms with Crippen LogP contribution in [-0.2, 0) is 6.42 Å². The van der Waals surface area contributed by atoms with Crippen LogP contribution in [0.15, 0.2) is 65.0 Å². The van der Waals surface area contributed by atoms with Crippen LogP contribution in [0.25, 0.3) is 10.9 Å². The van der Waals surface area contributed by atoms with E-state index in [4.69, 9.17) is 16.5 Å². The van der Waals surface area contributed by atoms with Crippen molar-refractivity contribution in [2.45, 2.75) is 40.0 Å². The molecular formula is C26H37N7. The number of fused-ring (bicyclic) bond motifs is 1. The standard InChI is InChI=1S/C23H29N7.C3H8/c1-16-19-15-18(8-10-21(19)29-28-16)22(25)27-23(30-13-11-26-12-14-30)20(24)9-7-17-5-3-2-4-6-17;1-3-2/h2-6,8,10,15,26H,7,9,11-14,24H2,1H3,(H2,25,27)(H,28,29);3H2,1-2H3/b23-20+;. The van der Waals surface area contributed by atoms with E-state index in [1.165, 1.54) is 12.0 Å². The van der Waals surface area contributed by atoms with Crippen molar-refractivity contribution in [1.29, 1.82) is 0 Å². The molecule has 2 aromatic carbocycles. The lowest BCUT2D eigenvalue weighted by Gasteiger charge is -2.30. The fraction of sp³-hybridized carbons (Fsp3) is 0.385. The van der Waals surface area contributed by atoms with Crippen molar-refractivity contribution in [3.63, 3.8) is 0 Å². The van der Waals surface area contributed by atoms with Crippen LogP contribution in [0, 0.1) is 6.92 Å². The van der Waals surface area contributed by atoms with E-state index in [2.05, 4.69) is 58.5 Å². The van der Waals surface area contributed by atoms with E-state index in [1.807, 2.05) is 31.2 Å². The molecule has 1 fully saturated rings. The molecule has 33 heavy (non-hydrogen) atoms. The summed E-state index contributed by atoms with van der Waals surface area (Å²) in [6.07, 6.45) is 2.86. The first-order valence-electron chi connectivity index (χ1n) is 11.8. The third-order valence-corrected chi connectivity index (χ3v) is 5.50. The predicted molar refractivity (Wildman–Crippen MR) is 138 cm³/mol. The van der Waals surface area contributed by atoms with Crippen LogP contribution < -0.4 is 16.8 Å². The molecule has 0 radical (unpaired) electrons. The molecule has 2 heterocycles. The number of allylic oxidation sites excluding steroid dienone is 1. The van der Waals surface area contributed by atoms with Crippen LogP contribution in [0.1, 0.15) is 43.5 Å². The highest BCUT2D eigenvalue weighted by atomic mass is 15.3. The van der Waals surface area contributed by atoms with E-state index < -0.39 is 0 Å². The molecule has 0 spiro atoms. The number of aliphatic imine (C=N–C) groups is 1. The number of benzene rings is 2. The molecule has 0 amide bonds. The van der Waals surface area contributed by atoms with Crippen LogP contribution in [0.2, 0.25) is 0 Å². The Balaban J connectivity index is 0.000000968. The highest BCUT2D eigenvalue weighted by molar-refractivity contribution is 6.01. The molecule has 4 rings (SSSR count). The molecule has 6 N–H and O–H groups in total. The molecule has 3 aromatic rings. The summed E-state index contributed by atoms with van der Waals surface area (Å²) >= 11 is 0. The number of amidine groups is 1. The Kier molecular flexibility index (Phi) is 8.89. The fourth-order valence-corrected chi connectivity index (χ4v) is 3.73. The van der Waals surface area contributed by atoms with Crippen molar-refractivity contribution >= 4 is 16.7 Å². The minimum Gasteiger partial charge on any atom is -0.399 e. The second-order valence-electron chi connectivity index (χ2n) is 8.36. The van der Waals surface area contributed by atoms with Crippen molar-refractivity contribution in [2.24, 2.45) is 16.5 Å². The lowest BCUT2D eigenvalue weighted by molar-refractivity contribution is 0.293. The van der Waals surface area contributed by atoms with Crippen LogP contribution in [-0.4, -0.2) is 47.1 Å². The molecule has 0 unspecified atom stereocenters. The molecule has 176 valence electrons. The van der Waals surface area contributed by atoms with Gasteiger partial charge < -0.3 is 21.7 Å². The SMILES string of the molecule is CCC.Cc1[nH]nc2ccc(/C(N)=N/C(=C(\N)CCc3ccccc3)N3CCNCC3)cc12. The monoisotopic (exact) mass is 447 g/mol. The first-order chi connectivity index (χ1) is 16.0. The zero-order valence-corrected chi connectivity index (χ0v) is 20.1. The lowest BCUT2D eigenvalue weighted by Crippen LogP contribution is -2.43. The summed E-state index contributed by atoms with van der Waals surface area (Å²) in [5.74, 6) is 1.25. The third-order valence-electron chi connectivity index (χ3n) is 5.50. The normalized spacial score (nSPS) is 15.1. The zero-order valence-electron chi connectivity index (χ0n) is 20.1. The molecule has 0 aliphatic carbocycles. The van der Waals surface area contributed by atoms with Gasteiger partial charge in [0.2, 0.25) is 0 Å². The smallest absolute Gasteiger partial charge is 0.150 e. The minimum atomic E-state index is 0.466. The number of aromatic amines is 1. The minimum absolute atomic E-state index is 0.466. The lowest BCUT2D eigenvalue weighted by atomic mass is 10.1. The number of piperazine rings is 1. The Morgan fingerprint density at radius 3 is 2.45 bits per heavy atom. The van der Waals surface area contributed by atoms with Gasteiger partial charge in [0, 0.05) is 42.8 Å². The summed E-state index contributed by atoms with van der Waals surface area (Å²) in [5.41, 5.74) is 17.8. The number of nitrogens with one attached hydrogen (secondary N) is 2. The summed E-state index contributed by atoms with van der Waals surface area (Å²) < 4.78 is 0. The summed E-state index contributed by atoms with van der Waals surface area (Å²) in [6.45, 7) is 9.78. The summed E-state index contributed by atoms with van der Waals surface area (Å²) in [6, 6.07) is 16.3. The van der Waals surface area contributed by atoms with Crippen LogP contribution in [0.3, 0.4) is 0 Å². The van der Waals surface area contributed by atoms with E-state index in [0.717, 1.165) is 72.7 Å². The van der Waals surface area contributed by atoms with Gasteiger partial charge in [0.25, 0.3) is 0 Å². The Morgan fingerprint density at radius 1 is 1.06 bits per heavy atom. The van der Waals surface area contributed by atoms with E-state index in [-0.39, 0.29) is 0 Å². The van der Waals surface area contributed by atoms with Gasteiger partial charge in [-0.2, -0.15) is 5.10 Å². The molecule has 1 saturated heterocycles. The van der Waals surface area contributed by atoms with E-state index in [0.29, 0.717) is 5.84 Å². The Labute approximate surface area is 197 Å². The van der Waals surface area contributed by atoms with Gasteiger partial charge in [0.15, 0.2) is 0 Å². The molecule has 0 saturated carbocycles. The van der Waals surface area contributed by atoms with Crippen LogP contribution >= 0.6 is 0 Å². The number of aryl methyl sites for hydroxylation is 2.